The lowest BCUT2D eigenvalue weighted by Gasteiger charge is -2.40. The van der Waals surface area contributed by atoms with Crippen LogP contribution in [0.15, 0.2) is 22.7 Å². The summed E-state index contributed by atoms with van der Waals surface area (Å²) in [4.78, 5) is 37.1. The molecule has 3 amide bonds. The summed E-state index contributed by atoms with van der Waals surface area (Å²) in [5.74, 6) is -1.45. The number of piperazine rings is 1. The van der Waals surface area contributed by atoms with Gasteiger partial charge < -0.3 is 10.6 Å². The van der Waals surface area contributed by atoms with Crippen molar-refractivity contribution in [1.29, 1.82) is 0 Å². The van der Waals surface area contributed by atoms with E-state index in [1.54, 1.807) is 32.0 Å². The van der Waals surface area contributed by atoms with Gasteiger partial charge in [0.1, 0.15) is 12.1 Å². The van der Waals surface area contributed by atoms with Crippen molar-refractivity contribution in [2.24, 2.45) is 0 Å². The third-order valence-corrected chi connectivity index (χ3v) is 3.77. The highest BCUT2D eigenvalue weighted by atomic mass is 79.9. The molecule has 1 aliphatic rings. The van der Waals surface area contributed by atoms with Crippen LogP contribution in [-0.2, 0) is 9.59 Å². The molecular formula is C13H14BrN3O3. The summed E-state index contributed by atoms with van der Waals surface area (Å²) >= 11 is 3.26. The van der Waals surface area contributed by atoms with Crippen molar-refractivity contribution in [3.8, 4) is 0 Å². The summed E-state index contributed by atoms with van der Waals surface area (Å²) in [6.45, 7) is 3.00. The molecule has 7 heteroatoms. The van der Waals surface area contributed by atoms with Crippen molar-refractivity contribution in [3.63, 3.8) is 0 Å². The fourth-order valence-electron chi connectivity index (χ4n) is 1.98. The minimum Gasteiger partial charge on any atom is -0.398 e. The van der Waals surface area contributed by atoms with E-state index in [2.05, 4.69) is 21.2 Å². The van der Waals surface area contributed by atoms with Gasteiger partial charge in [-0.2, -0.15) is 0 Å². The van der Waals surface area contributed by atoms with Gasteiger partial charge in [-0.15, -0.1) is 0 Å². The Morgan fingerprint density at radius 1 is 1.40 bits per heavy atom. The standard InChI is InChI=1S/C13H14BrN3O3/c1-13(2)12(20)16-10(18)6-17(13)11(19)8-4-3-7(14)5-9(8)15/h3-5H,6,15H2,1-2H3,(H,16,18,20). The molecule has 6 nitrogen and oxygen atoms in total. The van der Waals surface area contributed by atoms with Gasteiger partial charge in [-0.25, -0.2) is 0 Å². The van der Waals surface area contributed by atoms with Gasteiger partial charge in [-0.1, -0.05) is 15.9 Å². The minimum absolute atomic E-state index is 0.174. The van der Waals surface area contributed by atoms with Crippen molar-refractivity contribution in [3.05, 3.63) is 28.2 Å². The number of benzene rings is 1. The second kappa shape index (κ2) is 4.90. The number of carbonyl (C=O) groups excluding carboxylic acids is 3. The molecule has 2 rings (SSSR count). The number of carbonyl (C=O) groups is 3. The van der Waals surface area contributed by atoms with Crippen LogP contribution >= 0.6 is 15.9 Å². The van der Waals surface area contributed by atoms with Crippen molar-refractivity contribution < 1.29 is 14.4 Å². The zero-order valence-electron chi connectivity index (χ0n) is 11.1. The molecule has 0 aromatic heterocycles. The Bertz CT molecular complexity index is 613. The second-order valence-corrected chi connectivity index (χ2v) is 5.97. The highest BCUT2D eigenvalue weighted by molar-refractivity contribution is 9.10. The number of anilines is 1. The third kappa shape index (κ3) is 2.40. The molecule has 0 saturated carbocycles. The van der Waals surface area contributed by atoms with E-state index < -0.39 is 23.3 Å². The molecule has 0 unspecified atom stereocenters. The zero-order valence-corrected chi connectivity index (χ0v) is 12.7. The van der Waals surface area contributed by atoms with Gasteiger partial charge in [0.2, 0.25) is 5.91 Å². The first kappa shape index (κ1) is 14.5. The molecule has 0 atom stereocenters. The Kier molecular flexibility index (Phi) is 3.56. The average molecular weight is 340 g/mol. The van der Waals surface area contributed by atoms with Gasteiger partial charge in [0.15, 0.2) is 0 Å². The predicted octanol–water partition coefficient (Wildman–Crippen LogP) is 0.908. The molecule has 1 fully saturated rings. The maximum absolute atomic E-state index is 12.5. The Balaban J connectivity index is 2.40. The quantitative estimate of drug-likeness (QED) is 0.587. The highest BCUT2D eigenvalue weighted by Gasteiger charge is 2.44. The zero-order chi connectivity index (χ0) is 15.1. The molecule has 106 valence electrons. The van der Waals surface area contributed by atoms with E-state index in [4.69, 9.17) is 5.73 Å². The van der Waals surface area contributed by atoms with E-state index >= 15 is 0 Å². The van der Waals surface area contributed by atoms with Crippen LogP contribution in [0.4, 0.5) is 5.69 Å². The summed E-state index contributed by atoms with van der Waals surface area (Å²) in [6.07, 6.45) is 0. The molecule has 0 aliphatic carbocycles. The fourth-order valence-corrected chi connectivity index (χ4v) is 2.36. The SMILES string of the molecule is CC1(C)C(=O)NC(=O)CN1C(=O)c1ccc(Br)cc1N. The molecular weight excluding hydrogens is 326 g/mol. The summed E-state index contributed by atoms with van der Waals surface area (Å²) < 4.78 is 0.748. The first-order chi connectivity index (χ1) is 9.23. The van der Waals surface area contributed by atoms with Crippen LogP contribution < -0.4 is 11.1 Å². The number of rotatable bonds is 1. The van der Waals surface area contributed by atoms with Crippen LogP contribution in [0.2, 0.25) is 0 Å². The fraction of sp³-hybridized carbons (Fsp3) is 0.308. The van der Waals surface area contributed by atoms with E-state index in [9.17, 15) is 14.4 Å². The number of nitrogens with zero attached hydrogens (tertiary/aromatic N) is 1. The molecule has 1 aromatic rings. The summed E-state index contributed by atoms with van der Waals surface area (Å²) in [7, 11) is 0. The number of halogens is 1. The number of nitrogens with one attached hydrogen (secondary N) is 1. The Hall–Kier alpha value is -1.89. The van der Waals surface area contributed by atoms with Crippen LogP contribution in [-0.4, -0.2) is 34.7 Å². The topological polar surface area (TPSA) is 92.5 Å². The van der Waals surface area contributed by atoms with Crippen molar-refractivity contribution in [2.75, 3.05) is 12.3 Å². The number of nitrogen functional groups attached to an aromatic ring is 1. The van der Waals surface area contributed by atoms with Crippen LogP contribution in [0.25, 0.3) is 0 Å². The second-order valence-electron chi connectivity index (χ2n) is 5.06. The smallest absolute Gasteiger partial charge is 0.257 e. The lowest BCUT2D eigenvalue weighted by molar-refractivity contribution is -0.143. The summed E-state index contributed by atoms with van der Waals surface area (Å²) in [6, 6.07) is 4.85. The summed E-state index contributed by atoms with van der Waals surface area (Å²) in [5, 5.41) is 2.22. The Morgan fingerprint density at radius 2 is 2.05 bits per heavy atom. The molecule has 0 spiro atoms. The molecule has 1 aromatic carbocycles. The van der Waals surface area contributed by atoms with Gasteiger partial charge >= 0.3 is 0 Å². The number of imide groups is 1. The lowest BCUT2D eigenvalue weighted by atomic mass is 9.97. The van der Waals surface area contributed by atoms with Crippen molar-refractivity contribution >= 4 is 39.3 Å². The van der Waals surface area contributed by atoms with E-state index in [0.29, 0.717) is 5.69 Å². The molecule has 1 aliphatic heterocycles. The van der Waals surface area contributed by atoms with Crippen molar-refractivity contribution in [1.82, 2.24) is 10.2 Å². The van der Waals surface area contributed by atoms with Gasteiger partial charge in [-0.05, 0) is 32.0 Å². The number of amides is 3. The molecule has 3 N–H and O–H groups in total. The third-order valence-electron chi connectivity index (χ3n) is 3.27. The number of hydrogen-bond donors (Lipinski definition) is 2. The first-order valence-electron chi connectivity index (χ1n) is 5.95. The minimum atomic E-state index is -1.11. The maximum Gasteiger partial charge on any atom is 0.257 e. The lowest BCUT2D eigenvalue weighted by Crippen LogP contribution is -2.65. The molecule has 20 heavy (non-hydrogen) atoms. The molecule has 0 bridgehead atoms. The Morgan fingerprint density at radius 3 is 2.65 bits per heavy atom. The van der Waals surface area contributed by atoms with E-state index in [0.717, 1.165) is 4.47 Å². The molecule has 1 saturated heterocycles. The monoisotopic (exact) mass is 339 g/mol. The summed E-state index contributed by atoms with van der Waals surface area (Å²) in [5.41, 5.74) is 5.27. The molecule has 1 heterocycles. The van der Waals surface area contributed by atoms with E-state index in [1.165, 1.54) is 4.90 Å². The van der Waals surface area contributed by atoms with Crippen LogP contribution in [0.3, 0.4) is 0 Å². The van der Waals surface area contributed by atoms with Crippen LogP contribution in [0, 0.1) is 0 Å². The van der Waals surface area contributed by atoms with Gasteiger partial charge in [-0.3, -0.25) is 19.7 Å². The number of nitrogens with two attached hydrogens (primary N) is 1. The average Bonchev–Trinajstić information content (AvgIpc) is 2.33. The highest BCUT2D eigenvalue weighted by Crippen LogP contribution is 2.25. The normalized spacial score (nSPS) is 17.9. The molecule has 0 radical (unpaired) electrons. The van der Waals surface area contributed by atoms with Gasteiger partial charge in [0.05, 0.1) is 5.56 Å². The maximum atomic E-state index is 12.5. The van der Waals surface area contributed by atoms with E-state index in [1.807, 2.05) is 0 Å². The first-order valence-corrected chi connectivity index (χ1v) is 6.74. The van der Waals surface area contributed by atoms with Crippen LogP contribution in [0.1, 0.15) is 24.2 Å². The Labute approximate surface area is 124 Å². The van der Waals surface area contributed by atoms with Gasteiger partial charge in [0, 0.05) is 10.2 Å². The van der Waals surface area contributed by atoms with Crippen LogP contribution in [0.5, 0.6) is 0 Å². The number of hydrogen-bond acceptors (Lipinski definition) is 4. The largest absolute Gasteiger partial charge is 0.398 e. The van der Waals surface area contributed by atoms with E-state index in [-0.39, 0.29) is 12.1 Å². The van der Waals surface area contributed by atoms with Crippen molar-refractivity contribution in [2.45, 2.75) is 19.4 Å². The predicted molar refractivity (Wildman–Crippen MR) is 76.8 cm³/mol. The van der Waals surface area contributed by atoms with Gasteiger partial charge in [0.25, 0.3) is 11.8 Å².